The maximum absolute atomic E-state index is 13.3. The highest BCUT2D eigenvalue weighted by Gasteiger charge is 2.33. The van der Waals surface area contributed by atoms with E-state index in [-0.39, 0.29) is 18.2 Å². The Labute approximate surface area is 538 Å². The van der Waals surface area contributed by atoms with Crippen LogP contribution in [0.2, 0.25) is 0 Å². The first-order valence-electron chi connectivity index (χ1n) is 24.8. The maximum Gasteiger partial charge on any atom is 0.344 e. The van der Waals surface area contributed by atoms with Gasteiger partial charge in [-0.2, -0.15) is 0 Å². The molecule has 0 aliphatic rings. The standard InChI is InChI=1S/C10H8F4O3.C9H5BrF4O2.C9H8F4O2.C9H6F4O2.C8H4F4O2.C7H4F4.C6H2F4/c1-16-3-4-6(11)8(13)5(10(15)17-2)9(14)7(4)12;1-16-9(15)4-7(13)5(11)3(2-10)6(12)8(4)14;1-15-3-5-8(12)6(10)4(2-14)7(11)9(5)13;1-3-5(10)7(12)4(9(14)15-2)8(13)6(3)11;1-2-4(9)6(11)3(8(13)14)7(12)5(2)10;1-3-6(10)4(8)2-5(9)7(3)11;7-3-1-4(8)6(10)2-5(3)9/h3H2,1-2H3;2H2,1H3;14H,2-3H2,1H3;1-2H3;1H3,(H,13,14);2H,1H3;1-2H. The number of hydrogen-bond donors (Lipinski definition) is 2. The lowest BCUT2D eigenvalue weighted by Crippen LogP contribution is -2.15. The van der Waals surface area contributed by atoms with Crippen molar-refractivity contribution in [3.05, 3.63) is 242 Å². The second-order valence-electron chi connectivity index (χ2n) is 17.7. The van der Waals surface area contributed by atoms with Crippen molar-refractivity contribution in [2.24, 2.45) is 0 Å². The number of aliphatic hydroxyl groups is 1. The van der Waals surface area contributed by atoms with E-state index in [1.807, 2.05) is 0 Å². The van der Waals surface area contributed by atoms with Crippen molar-refractivity contribution in [2.45, 2.75) is 45.9 Å². The minimum absolute atomic E-state index is 0.157. The quantitative estimate of drug-likeness (QED) is 0.0442. The highest BCUT2D eigenvalue weighted by atomic mass is 79.9. The Balaban J connectivity index is 0.000000575. The number of methoxy groups -OCH3 is 5. The molecule has 7 aromatic rings. The first-order valence-corrected chi connectivity index (χ1v) is 25.9. The predicted molar refractivity (Wildman–Crippen MR) is 279 cm³/mol. The molecule has 0 amide bonds. The highest BCUT2D eigenvalue weighted by molar-refractivity contribution is 9.08. The van der Waals surface area contributed by atoms with Crippen LogP contribution in [0.1, 0.15) is 80.4 Å². The number of benzene rings is 7. The molecule has 0 atom stereocenters. The van der Waals surface area contributed by atoms with Crippen molar-refractivity contribution in [3.8, 4) is 0 Å². The number of halogens is 29. The molecular weight excluding hydrogens is 1480 g/mol. The fraction of sp³-hybridized carbons (Fsp3) is 0.207. The van der Waals surface area contributed by atoms with E-state index in [9.17, 15) is 142 Å². The van der Waals surface area contributed by atoms with Crippen LogP contribution >= 0.6 is 15.9 Å². The van der Waals surface area contributed by atoms with Gasteiger partial charge in [-0.3, -0.25) is 0 Å². The van der Waals surface area contributed by atoms with Gasteiger partial charge in [0.1, 0.15) is 22.3 Å². The van der Waals surface area contributed by atoms with Crippen molar-refractivity contribution in [2.75, 3.05) is 35.5 Å². The van der Waals surface area contributed by atoms with Gasteiger partial charge in [0.05, 0.1) is 57.8 Å². The molecule has 0 aliphatic heterocycles. The Hall–Kier alpha value is -9.18. The largest absolute Gasteiger partial charge is 0.477 e. The SMILES string of the molecule is COC(=O)c1c(F)c(F)c(C)c(F)c1F.COC(=O)c1c(F)c(F)c(CBr)c(F)c1F.COCc1c(F)c(F)c(C(=O)OC)c(F)c1F.COCc1c(F)c(F)c(CO)c(F)c1F.Cc1c(F)c(F)c(C(=O)O)c(F)c1F.Cc1c(F)c(F)cc(F)c1F.Fc1cc(F)c(F)cc1F. The summed E-state index contributed by atoms with van der Waals surface area (Å²) in [5, 5.41) is 16.4. The maximum atomic E-state index is 13.3. The van der Waals surface area contributed by atoms with E-state index < -0.39 is 273 Å². The fourth-order valence-electron chi connectivity index (χ4n) is 6.58. The summed E-state index contributed by atoms with van der Waals surface area (Å²) in [6.45, 7) is 0.278. The summed E-state index contributed by atoms with van der Waals surface area (Å²) in [6, 6.07) is 0.493. The first kappa shape index (κ1) is 86.8. The molecule has 0 spiro atoms. The Morgan fingerprint density at radius 2 is 0.510 bits per heavy atom. The molecule has 11 nitrogen and oxygen atoms in total. The van der Waals surface area contributed by atoms with E-state index in [0.29, 0.717) is 0 Å². The molecule has 7 aromatic carbocycles. The van der Waals surface area contributed by atoms with Crippen molar-refractivity contribution < 1.29 is 176 Å². The van der Waals surface area contributed by atoms with E-state index >= 15 is 0 Å². The molecule has 7 rings (SSSR count). The zero-order valence-corrected chi connectivity index (χ0v) is 51.2. The molecule has 0 saturated carbocycles. The van der Waals surface area contributed by atoms with Crippen LogP contribution in [0.15, 0.2) is 18.2 Å². The summed E-state index contributed by atoms with van der Waals surface area (Å²) in [6.07, 6.45) is 0. The van der Waals surface area contributed by atoms with Gasteiger partial charge in [0.25, 0.3) is 0 Å². The van der Waals surface area contributed by atoms with Crippen molar-refractivity contribution >= 4 is 39.8 Å². The van der Waals surface area contributed by atoms with Gasteiger partial charge in [0, 0.05) is 60.0 Å². The van der Waals surface area contributed by atoms with E-state index in [1.165, 1.54) is 0 Å². The lowest BCUT2D eigenvalue weighted by atomic mass is 10.1. The van der Waals surface area contributed by atoms with Gasteiger partial charge in [-0.25, -0.2) is 142 Å². The summed E-state index contributed by atoms with van der Waals surface area (Å²) in [7, 11) is 4.75. The molecular formula is C58H37BrF28O11. The molecule has 0 bridgehead atoms. The number of carbonyl (C=O) groups excluding carboxylic acids is 3. The third kappa shape index (κ3) is 20.0. The zero-order valence-electron chi connectivity index (χ0n) is 49.6. The van der Waals surface area contributed by atoms with Crippen LogP contribution in [0.5, 0.6) is 0 Å². The first-order chi connectivity index (χ1) is 45.4. The van der Waals surface area contributed by atoms with Crippen molar-refractivity contribution in [3.63, 3.8) is 0 Å². The van der Waals surface area contributed by atoms with Crippen molar-refractivity contribution in [1.82, 2.24) is 0 Å². The van der Waals surface area contributed by atoms with E-state index in [2.05, 4.69) is 39.6 Å². The molecule has 538 valence electrons. The minimum Gasteiger partial charge on any atom is -0.477 e. The second kappa shape index (κ2) is 38.1. The Bertz CT molecular complexity index is 3920. The van der Waals surface area contributed by atoms with E-state index in [1.54, 1.807) is 0 Å². The number of alkyl halides is 1. The van der Waals surface area contributed by atoms with Crippen LogP contribution < -0.4 is 0 Å². The number of carbonyl (C=O) groups is 4. The van der Waals surface area contributed by atoms with Crippen LogP contribution in [-0.4, -0.2) is 69.6 Å². The van der Waals surface area contributed by atoms with E-state index in [0.717, 1.165) is 56.3 Å². The van der Waals surface area contributed by atoms with Crippen LogP contribution in [0.3, 0.4) is 0 Å². The number of aliphatic hydroxyl groups excluding tert-OH is 1. The van der Waals surface area contributed by atoms with Gasteiger partial charge in [-0.15, -0.1) is 0 Å². The smallest absolute Gasteiger partial charge is 0.344 e. The van der Waals surface area contributed by atoms with Gasteiger partial charge in [0.2, 0.25) is 0 Å². The van der Waals surface area contributed by atoms with Gasteiger partial charge in [0.15, 0.2) is 163 Å². The molecule has 0 aromatic heterocycles. The molecule has 0 saturated heterocycles. The van der Waals surface area contributed by atoms with E-state index in [4.69, 9.17) is 10.2 Å². The fourth-order valence-corrected chi connectivity index (χ4v) is 7.07. The summed E-state index contributed by atoms with van der Waals surface area (Å²) in [4.78, 5) is 43.0. The topological polar surface area (TPSA) is 155 Å². The number of hydrogen-bond acceptors (Lipinski definition) is 10. The molecule has 0 fully saturated rings. The van der Waals surface area contributed by atoms with Crippen LogP contribution in [0, 0.1) is 184 Å². The zero-order chi connectivity index (χ0) is 76.3. The average molecular weight is 1520 g/mol. The summed E-state index contributed by atoms with van der Waals surface area (Å²) >= 11 is 2.68. The average Bonchev–Trinajstić information content (AvgIpc) is 0.813. The number of aromatic carboxylic acids is 1. The molecule has 2 N–H and O–H groups in total. The van der Waals surface area contributed by atoms with Gasteiger partial charge < -0.3 is 33.9 Å². The lowest BCUT2D eigenvalue weighted by Gasteiger charge is -2.09. The summed E-state index contributed by atoms with van der Waals surface area (Å²) in [5.41, 5.74) is -11.7. The molecule has 0 heterocycles. The molecule has 0 aliphatic carbocycles. The van der Waals surface area contributed by atoms with Gasteiger partial charge in [-0.1, -0.05) is 15.9 Å². The van der Waals surface area contributed by atoms with Crippen LogP contribution in [-0.2, 0) is 48.8 Å². The number of carboxylic acid groups (broad SMARTS) is 1. The highest BCUT2D eigenvalue weighted by Crippen LogP contribution is 2.30. The number of ether oxygens (including phenoxy) is 5. The normalized spacial score (nSPS) is 10.4. The van der Waals surface area contributed by atoms with Crippen molar-refractivity contribution in [1.29, 1.82) is 0 Å². The Morgan fingerprint density at radius 3 is 0.735 bits per heavy atom. The third-order valence-electron chi connectivity index (χ3n) is 11.7. The van der Waals surface area contributed by atoms with Gasteiger partial charge >= 0.3 is 23.9 Å². The molecule has 98 heavy (non-hydrogen) atoms. The number of esters is 3. The van der Waals surface area contributed by atoms with Crippen LogP contribution in [0.4, 0.5) is 123 Å². The van der Waals surface area contributed by atoms with Crippen LogP contribution in [0.25, 0.3) is 0 Å². The minimum atomic E-state index is -2.06. The van der Waals surface area contributed by atoms with Gasteiger partial charge in [-0.05, 0) is 20.8 Å². The lowest BCUT2D eigenvalue weighted by molar-refractivity contribution is 0.0577. The Morgan fingerprint density at radius 1 is 0.306 bits per heavy atom. The monoisotopic (exact) mass is 1520 g/mol. The molecule has 0 radical (unpaired) electrons. The third-order valence-corrected chi connectivity index (χ3v) is 12.2. The number of carboxylic acids is 1. The predicted octanol–water partition coefficient (Wildman–Crippen LogP) is 16.4. The number of rotatable bonds is 10. The summed E-state index contributed by atoms with van der Waals surface area (Å²) in [5.74, 6) is -51.4. The Kier molecular flexibility index (Phi) is 33.8. The molecule has 0 unspecified atom stereocenters. The second-order valence-corrected chi connectivity index (χ2v) is 18.2. The molecule has 40 heteroatoms. The summed E-state index contributed by atoms with van der Waals surface area (Å²) < 4.78 is 379.